The highest BCUT2D eigenvalue weighted by Gasteiger charge is 2.05. The number of hydrogen-bond acceptors (Lipinski definition) is 2. The standard InChI is InChI=1S/C12H16BrFN2O/c1-8(2)15-6-5-12(17)16-9-3-4-10(13)11(14)7-9/h3-4,7-8,15H,5-6H2,1-2H3,(H,16,17). The summed E-state index contributed by atoms with van der Waals surface area (Å²) < 4.78 is 13.6. The lowest BCUT2D eigenvalue weighted by Crippen LogP contribution is -2.27. The van der Waals surface area contributed by atoms with E-state index >= 15 is 0 Å². The first-order valence-electron chi connectivity index (χ1n) is 5.47. The average molecular weight is 303 g/mol. The van der Waals surface area contributed by atoms with Crippen molar-refractivity contribution in [2.45, 2.75) is 26.3 Å². The van der Waals surface area contributed by atoms with Gasteiger partial charge in [0.2, 0.25) is 5.91 Å². The fourth-order valence-electron chi connectivity index (χ4n) is 1.27. The van der Waals surface area contributed by atoms with Crippen molar-refractivity contribution in [3.63, 3.8) is 0 Å². The topological polar surface area (TPSA) is 41.1 Å². The Morgan fingerprint density at radius 3 is 2.76 bits per heavy atom. The van der Waals surface area contributed by atoms with Crippen LogP contribution >= 0.6 is 15.9 Å². The van der Waals surface area contributed by atoms with Gasteiger partial charge in [-0.05, 0) is 34.1 Å². The third-order valence-corrected chi connectivity index (χ3v) is 2.75. The monoisotopic (exact) mass is 302 g/mol. The third-order valence-electron chi connectivity index (χ3n) is 2.11. The quantitative estimate of drug-likeness (QED) is 0.878. The van der Waals surface area contributed by atoms with E-state index in [0.29, 0.717) is 29.2 Å². The molecule has 94 valence electrons. The van der Waals surface area contributed by atoms with E-state index in [4.69, 9.17) is 0 Å². The molecule has 0 radical (unpaired) electrons. The van der Waals surface area contributed by atoms with Crippen molar-refractivity contribution in [2.24, 2.45) is 0 Å². The molecule has 0 saturated heterocycles. The predicted molar refractivity (Wildman–Crippen MR) is 70.5 cm³/mol. The van der Waals surface area contributed by atoms with Gasteiger partial charge in [0.05, 0.1) is 4.47 Å². The van der Waals surface area contributed by atoms with Crippen LogP contribution in [0.15, 0.2) is 22.7 Å². The molecule has 0 atom stereocenters. The van der Waals surface area contributed by atoms with Crippen LogP contribution in [0.5, 0.6) is 0 Å². The fraction of sp³-hybridized carbons (Fsp3) is 0.417. The molecular weight excluding hydrogens is 287 g/mol. The van der Waals surface area contributed by atoms with Crippen LogP contribution in [0.3, 0.4) is 0 Å². The van der Waals surface area contributed by atoms with Gasteiger partial charge in [-0.3, -0.25) is 4.79 Å². The highest BCUT2D eigenvalue weighted by atomic mass is 79.9. The van der Waals surface area contributed by atoms with Crippen molar-refractivity contribution in [3.05, 3.63) is 28.5 Å². The number of rotatable bonds is 5. The van der Waals surface area contributed by atoms with Gasteiger partial charge in [0.25, 0.3) is 0 Å². The Bertz CT molecular complexity index is 396. The van der Waals surface area contributed by atoms with Gasteiger partial charge in [-0.25, -0.2) is 4.39 Å². The molecule has 1 aromatic rings. The van der Waals surface area contributed by atoms with E-state index in [0.717, 1.165) is 0 Å². The maximum absolute atomic E-state index is 13.2. The number of hydrogen-bond donors (Lipinski definition) is 2. The molecule has 2 N–H and O–H groups in total. The minimum absolute atomic E-state index is 0.125. The lowest BCUT2D eigenvalue weighted by molar-refractivity contribution is -0.116. The van der Waals surface area contributed by atoms with Crippen LogP contribution in [0.25, 0.3) is 0 Å². The first kappa shape index (κ1) is 14.1. The van der Waals surface area contributed by atoms with Gasteiger partial charge in [0.15, 0.2) is 0 Å². The number of nitrogens with one attached hydrogen (secondary N) is 2. The second kappa shape index (κ2) is 6.71. The SMILES string of the molecule is CC(C)NCCC(=O)Nc1ccc(Br)c(F)c1. The van der Waals surface area contributed by atoms with Gasteiger partial charge in [0.1, 0.15) is 5.82 Å². The Morgan fingerprint density at radius 2 is 2.18 bits per heavy atom. The van der Waals surface area contributed by atoms with Crippen LogP contribution in [0.1, 0.15) is 20.3 Å². The second-order valence-corrected chi connectivity index (χ2v) is 4.89. The summed E-state index contributed by atoms with van der Waals surface area (Å²) in [5, 5.41) is 5.78. The lowest BCUT2D eigenvalue weighted by atomic mass is 10.3. The number of amides is 1. The summed E-state index contributed by atoms with van der Waals surface area (Å²) in [4.78, 5) is 11.5. The zero-order valence-corrected chi connectivity index (χ0v) is 11.5. The van der Waals surface area contributed by atoms with Crippen LogP contribution < -0.4 is 10.6 Å². The van der Waals surface area contributed by atoms with E-state index in [2.05, 4.69) is 26.6 Å². The minimum Gasteiger partial charge on any atom is -0.326 e. The van der Waals surface area contributed by atoms with Gasteiger partial charge in [-0.1, -0.05) is 13.8 Å². The Balaban J connectivity index is 2.42. The second-order valence-electron chi connectivity index (χ2n) is 4.04. The summed E-state index contributed by atoms with van der Waals surface area (Å²) in [7, 11) is 0. The molecule has 0 aliphatic carbocycles. The summed E-state index contributed by atoms with van der Waals surface area (Å²) in [6.45, 7) is 4.65. The van der Waals surface area contributed by atoms with Gasteiger partial charge in [-0.2, -0.15) is 0 Å². The molecule has 3 nitrogen and oxygen atoms in total. The molecule has 0 unspecified atom stereocenters. The maximum atomic E-state index is 13.2. The van der Waals surface area contributed by atoms with Crippen molar-refractivity contribution in [3.8, 4) is 0 Å². The van der Waals surface area contributed by atoms with E-state index in [-0.39, 0.29) is 11.7 Å². The Kier molecular flexibility index (Phi) is 5.58. The minimum atomic E-state index is -0.386. The van der Waals surface area contributed by atoms with Crippen LogP contribution in [0.4, 0.5) is 10.1 Å². The molecule has 1 aromatic carbocycles. The molecule has 1 amide bonds. The number of halogens is 2. The lowest BCUT2D eigenvalue weighted by Gasteiger charge is -2.08. The average Bonchev–Trinajstić information content (AvgIpc) is 2.23. The van der Waals surface area contributed by atoms with Gasteiger partial charge in [0, 0.05) is 24.7 Å². The van der Waals surface area contributed by atoms with Crippen molar-refractivity contribution < 1.29 is 9.18 Å². The summed E-state index contributed by atoms with van der Waals surface area (Å²) in [5.74, 6) is -0.511. The number of benzene rings is 1. The number of carbonyl (C=O) groups excluding carboxylic acids is 1. The van der Waals surface area contributed by atoms with Crippen LogP contribution in [0, 0.1) is 5.82 Å². The van der Waals surface area contributed by atoms with E-state index in [1.54, 1.807) is 12.1 Å². The maximum Gasteiger partial charge on any atom is 0.225 e. The molecule has 17 heavy (non-hydrogen) atoms. The Hall–Kier alpha value is -0.940. The third kappa shape index (κ3) is 5.28. The van der Waals surface area contributed by atoms with Crippen molar-refractivity contribution >= 4 is 27.5 Å². The summed E-state index contributed by atoms with van der Waals surface area (Å²) >= 11 is 3.06. The molecule has 0 aliphatic rings. The molecule has 0 heterocycles. The van der Waals surface area contributed by atoms with E-state index in [1.807, 2.05) is 13.8 Å². The molecular formula is C12H16BrFN2O. The summed E-state index contributed by atoms with van der Waals surface area (Å²) in [6.07, 6.45) is 0.371. The molecule has 1 rings (SSSR count). The molecule has 5 heteroatoms. The van der Waals surface area contributed by atoms with E-state index in [9.17, 15) is 9.18 Å². The Labute approximate surface area is 109 Å². The van der Waals surface area contributed by atoms with Gasteiger partial charge in [-0.15, -0.1) is 0 Å². The first-order chi connectivity index (χ1) is 7.99. The van der Waals surface area contributed by atoms with Gasteiger partial charge < -0.3 is 10.6 Å². The highest BCUT2D eigenvalue weighted by molar-refractivity contribution is 9.10. The number of anilines is 1. The van der Waals surface area contributed by atoms with Crippen molar-refractivity contribution in [1.82, 2.24) is 5.32 Å². The predicted octanol–water partition coefficient (Wildman–Crippen LogP) is 2.91. The molecule has 0 aromatic heterocycles. The molecule has 0 saturated carbocycles. The smallest absolute Gasteiger partial charge is 0.225 e. The summed E-state index contributed by atoms with van der Waals surface area (Å²) in [6, 6.07) is 4.86. The van der Waals surface area contributed by atoms with Crippen molar-refractivity contribution in [1.29, 1.82) is 0 Å². The van der Waals surface area contributed by atoms with Crippen LogP contribution in [0.2, 0.25) is 0 Å². The van der Waals surface area contributed by atoms with Crippen LogP contribution in [-0.4, -0.2) is 18.5 Å². The molecule has 0 bridgehead atoms. The van der Waals surface area contributed by atoms with Crippen LogP contribution in [-0.2, 0) is 4.79 Å². The summed E-state index contributed by atoms with van der Waals surface area (Å²) in [5.41, 5.74) is 0.472. The number of carbonyl (C=O) groups is 1. The normalized spacial score (nSPS) is 10.6. The first-order valence-corrected chi connectivity index (χ1v) is 6.26. The zero-order valence-electron chi connectivity index (χ0n) is 9.89. The molecule has 0 aliphatic heterocycles. The molecule has 0 fully saturated rings. The zero-order chi connectivity index (χ0) is 12.8. The highest BCUT2D eigenvalue weighted by Crippen LogP contribution is 2.19. The van der Waals surface area contributed by atoms with E-state index < -0.39 is 0 Å². The van der Waals surface area contributed by atoms with Crippen molar-refractivity contribution in [2.75, 3.05) is 11.9 Å². The van der Waals surface area contributed by atoms with Gasteiger partial charge >= 0.3 is 0 Å². The molecule has 0 spiro atoms. The Morgan fingerprint density at radius 1 is 1.47 bits per heavy atom. The van der Waals surface area contributed by atoms with E-state index in [1.165, 1.54) is 6.07 Å². The largest absolute Gasteiger partial charge is 0.326 e. The fourth-order valence-corrected chi connectivity index (χ4v) is 1.52.